The predicted octanol–water partition coefficient (Wildman–Crippen LogP) is 2.25. The maximum atomic E-state index is 4.32. The molecule has 0 aliphatic heterocycles. The van der Waals surface area contributed by atoms with E-state index in [1.807, 2.05) is 29.1 Å². The number of benzene rings is 1. The number of nitrogens with one attached hydrogen (secondary N) is 2. The number of pyridine rings is 1. The second-order valence-electron chi connectivity index (χ2n) is 5.84. The van der Waals surface area contributed by atoms with Crippen LogP contribution in [0.25, 0.3) is 0 Å². The standard InChI is InChI=1S/C19H23N7.HI/c1-20-19(23-10-8-18-7-2-3-9-22-18)24-12-16-5-4-6-17(11-16)13-26-15-21-14-25-26;/h2-7,9,11,14-15H,8,10,12-13H2,1H3,(H2,20,23,24);1H. The molecular formula is C19H24IN7. The van der Waals surface area contributed by atoms with Crippen LogP contribution in [0, 0.1) is 0 Å². The van der Waals surface area contributed by atoms with Crippen molar-refractivity contribution in [3.63, 3.8) is 0 Å². The maximum Gasteiger partial charge on any atom is 0.191 e. The predicted molar refractivity (Wildman–Crippen MR) is 117 cm³/mol. The highest BCUT2D eigenvalue weighted by Crippen LogP contribution is 2.06. The summed E-state index contributed by atoms with van der Waals surface area (Å²) in [6.45, 7) is 2.20. The SMILES string of the molecule is CN=C(NCCc1ccccn1)NCc1cccc(Cn2cncn2)c1.I. The number of halogens is 1. The molecule has 0 saturated heterocycles. The molecular weight excluding hydrogens is 453 g/mol. The minimum atomic E-state index is 0. The van der Waals surface area contributed by atoms with E-state index in [1.54, 1.807) is 19.7 Å². The van der Waals surface area contributed by atoms with Crippen LogP contribution in [0.2, 0.25) is 0 Å². The Labute approximate surface area is 176 Å². The summed E-state index contributed by atoms with van der Waals surface area (Å²) in [4.78, 5) is 12.6. The second-order valence-corrected chi connectivity index (χ2v) is 5.84. The largest absolute Gasteiger partial charge is 0.356 e. The summed E-state index contributed by atoms with van der Waals surface area (Å²) < 4.78 is 1.81. The molecule has 7 nitrogen and oxygen atoms in total. The van der Waals surface area contributed by atoms with Crippen LogP contribution < -0.4 is 10.6 Å². The first-order valence-electron chi connectivity index (χ1n) is 8.58. The van der Waals surface area contributed by atoms with Gasteiger partial charge < -0.3 is 10.6 Å². The Morgan fingerprint density at radius 3 is 2.74 bits per heavy atom. The number of aromatic nitrogens is 4. The van der Waals surface area contributed by atoms with Gasteiger partial charge in [-0.15, -0.1) is 24.0 Å². The molecule has 3 aromatic rings. The first-order chi connectivity index (χ1) is 12.8. The fourth-order valence-corrected chi connectivity index (χ4v) is 2.60. The molecule has 27 heavy (non-hydrogen) atoms. The van der Waals surface area contributed by atoms with E-state index in [4.69, 9.17) is 0 Å². The molecule has 0 bridgehead atoms. The molecule has 0 atom stereocenters. The number of guanidine groups is 1. The molecule has 1 aromatic carbocycles. The zero-order valence-corrected chi connectivity index (χ0v) is 17.6. The number of nitrogens with zero attached hydrogens (tertiary/aromatic N) is 5. The van der Waals surface area contributed by atoms with E-state index >= 15 is 0 Å². The third-order valence-corrected chi connectivity index (χ3v) is 3.89. The first-order valence-corrected chi connectivity index (χ1v) is 8.58. The number of aliphatic imine (C=N–C) groups is 1. The average molecular weight is 477 g/mol. The van der Waals surface area contributed by atoms with Crippen molar-refractivity contribution in [2.24, 2.45) is 4.99 Å². The zero-order chi connectivity index (χ0) is 18.0. The Hall–Kier alpha value is -2.49. The molecule has 2 heterocycles. The summed E-state index contributed by atoms with van der Waals surface area (Å²) in [5, 5.41) is 10.8. The molecule has 0 aliphatic rings. The summed E-state index contributed by atoms with van der Waals surface area (Å²) >= 11 is 0. The van der Waals surface area contributed by atoms with Crippen molar-refractivity contribution in [3.05, 3.63) is 78.1 Å². The van der Waals surface area contributed by atoms with Gasteiger partial charge in [0.1, 0.15) is 12.7 Å². The summed E-state index contributed by atoms with van der Waals surface area (Å²) in [6, 6.07) is 14.4. The van der Waals surface area contributed by atoms with Gasteiger partial charge in [-0.25, -0.2) is 9.67 Å². The molecule has 0 unspecified atom stereocenters. The van der Waals surface area contributed by atoms with Crippen LogP contribution in [0.4, 0.5) is 0 Å². The van der Waals surface area contributed by atoms with Crippen molar-refractivity contribution in [1.29, 1.82) is 0 Å². The zero-order valence-electron chi connectivity index (χ0n) is 15.2. The van der Waals surface area contributed by atoms with Gasteiger partial charge in [0, 0.05) is 38.4 Å². The van der Waals surface area contributed by atoms with Crippen LogP contribution in [0.1, 0.15) is 16.8 Å². The van der Waals surface area contributed by atoms with Gasteiger partial charge >= 0.3 is 0 Å². The molecule has 0 aliphatic carbocycles. The minimum Gasteiger partial charge on any atom is -0.356 e. The van der Waals surface area contributed by atoms with Crippen LogP contribution in [-0.4, -0.2) is 39.3 Å². The Morgan fingerprint density at radius 1 is 1.11 bits per heavy atom. The molecule has 0 radical (unpaired) electrons. The van der Waals surface area contributed by atoms with Crippen molar-refractivity contribution < 1.29 is 0 Å². The van der Waals surface area contributed by atoms with Crippen molar-refractivity contribution >= 4 is 29.9 Å². The van der Waals surface area contributed by atoms with Gasteiger partial charge in [-0.1, -0.05) is 30.3 Å². The second kappa shape index (κ2) is 11.3. The Bertz CT molecular complexity index is 819. The highest BCUT2D eigenvalue weighted by Gasteiger charge is 2.01. The van der Waals surface area contributed by atoms with Gasteiger partial charge in [-0.3, -0.25) is 9.98 Å². The fraction of sp³-hybridized carbons (Fsp3) is 0.263. The quantitative estimate of drug-likeness (QED) is 0.310. The minimum absolute atomic E-state index is 0. The van der Waals surface area contributed by atoms with Gasteiger partial charge in [0.2, 0.25) is 0 Å². The average Bonchev–Trinajstić information content (AvgIpc) is 3.18. The summed E-state index contributed by atoms with van der Waals surface area (Å²) in [5.41, 5.74) is 3.44. The molecule has 0 saturated carbocycles. The van der Waals surface area contributed by atoms with Crippen LogP contribution in [0.15, 0.2) is 66.3 Å². The first kappa shape index (κ1) is 20.8. The summed E-state index contributed by atoms with van der Waals surface area (Å²) in [6.07, 6.45) is 5.94. The van der Waals surface area contributed by atoms with E-state index in [2.05, 4.69) is 55.0 Å². The summed E-state index contributed by atoms with van der Waals surface area (Å²) in [7, 11) is 1.78. The van der Waals surface area contributed by atoms with Gasteiger partial charge in [0.05, 0.1) is 6.54 Å². The van der Waals surface area contributed by atoms with E-state index in [-0.39, 0.29) is 24.0 Å². The molecule has 142 valence electrons. The lowest BCUT2D eigenvalue weighted by molar-refractivity contribution is 0.683. The lowest BCUT2D eigenvalue weighted by atomic mass is 10.1. The molecule has 0 spiro atoms. The third-order valence-electron chi connectivity index (χ3n) is 3.89. The third kappa shape index (κ3) is 6.97. The molecule has 2 aromatic heterocycles. The molecule has 8 heteroatoms. The van der Waals surface area contributed by atoms with Crippen LogP contribution >= 0.6 is 24.0 Å². The van der Waals surface area contributed by atoms with Gasteiger partial charge in [-0.05, 0) is 23.3 Å². The van der Waals surface area contributed by atoms with Crippen molar-refractivity contribution in [2.45, 2.75) is 19.5 Å². The highest BCUT2D eigenvalue weighted by molar-refractivity contribution is 14.0. The van der Waals surface area contributed by atoms with Gasteiger partial charge in [-0.2, -0.15) is 5.10 Å². The van der Waals surface area contributed by atoms with E-state index in [1.165, 1.54) is 11.1 Å². The fourth-order valence-electron chi connectivity index (χ4n) is 2.60. The van der Waals surface area contributed by atoms with Crippen LogP contribution in [-0.2, 0) is 19.5 Å². The van der Waals surface area contributed by atoms with Crippen molar-refractivity contribution in [2.75, 3.05) is 13.6 Å². The van der Waals surface area contributed by atoms with E-state index in [0.29, 0.717) is 13.1 Å². The van der Waals surface area contributed by atoms with Crippen molar-refractivity contribution in [3.8, 4) is 0 Å². The van der Waals surface area contributed by atoms with E-state index in [9.17, 15) is 0 Å². The lowest BCUT2D eigenvalue weighted by Gasteiger charge is -2.12. The smallest absolute Gasteiger partial charge is 0.191 e. The number of rotatable bonds is 7. The summed E-state index contributed by atoms with van der Waals surface area (Å²) in [5.74, 6) is 0.780. The highest BCUT2D eigenvalue weighted by atomic mass is 127. The lowest BCUT2D eigenvalue weighted by Crippen LogP contribution is -2.37. The van der Waals surface area contributed by atoms with Gasteiger partial charge in [0.15, 0.2) is 5.96 Å². The van der Waals surface area contributed by atoms with E-state index < -0.39 is 0 Å². The molecule has 0 fully saturated rings. The maximum absolute atomic E-state index is 4.32. The normalized spacial score (nSPS) is 10.9. The molecule has 0 amide bonds. The molecule has 2 N–H and O–H groups in total. The number of hydrogen-bond acceptors (Lipinski definition) is 4. The topological polar surface area (TPSA) is 80.0 Å². The Kier molecular flexibility index (Phi) is 8.69. The monoisotopic (exact) mass is 477 g/mol. The van der Waals surface area contributed by atoms with Gasteiger partial charge in [0.25, 0.3) is 0 Å². The Balaban J connectivity index is 0.00000261. The number of hydrogen-bond donors (Lipinski definition) is 2. The van der Waals surface area contributed by atoms with E-state index in [0.717, 1.165) is 24.6 Å². The molecule has 3 rings (SSSR count). The van der Waals surface area contributed by atoms with Crippen LogP contribution in [0.5, 0.6) is 0 Å². The Morgan fingerprint density at radius 2 is 2.00 bits per heavy atom. The van der Waals surface area contributed by atoms with Crippen molar-refractivity contribution in [1.82, 2.24) is 30.4 Å². The van der Waals surface area contributed by atoms with Crippen LogP contribution in [0.3, 0.4) is 0 Å².